The Balaban J connectivity index is 3.18. The van der Waals surface area contributed by atoms with Crippen molar-refractivity contribution < 1.29 is 4.74 Å². The van der Waals surface area contributed by atoms with Crippen LogP contribution < -0.4 is 0 Å². The summed E-state index contributed by atoms with van der Waals surface area (Å²) in [6.45, 7) is 7.28. The number of hydrogen-bond acceptors (Lipinski definition) is 1. The van der Waals surface area contributed by atoms with Gasteiger partial charge in [0.05, 0.1) is 12.4 Å². The van der Waals surface area contributed by atoms with Crippen molar-refractivity contribution in [3.8, 4) is 0 Å². The molecule has 12 heavy (non-hydrogen) atoms. The minimum atomic E-state index is 0.896. The summed E-state index contributed by atoms with van der Waals surface area (Å²) in [4.78, 5) is 0. The lowest BCUT2D eigenvalue weighted by molar-refractivity contribution is 0.197. The van der Waals surface area contributed by atoms with Gasteiger partial charge in [0.25, 0.3) is 0 Å². The smallest absolute Gasteiger partial charge is 0.0914 e. The Bertz CT molecular complexity index is 116. The average molecular weight is 170 g/mol. The van der Waals surface area contributed by atoms with E-state index in [1.54, 1.807) is 0 Å². The zero-order valence-electron chi connectivity index (χ0n) is 8.73. The molecule has 0 aliphatic carbocycles. The van der Waals surface area contributed by atoms with Crippen molar-refractivity contribution in [3.63, 3.8) is 0 Å². The third kappa shape index (κ3) is 6.26. The van der Waals surface area contributed by atoms with Crippen LogP contribution in [0.25, 0.3) is 0 Å². The normalized spacial score (nSPS) is 11.8. The lowest BCUT2D eigenvalue weighted by atomic mass is 10.2. The van der Waals surface area contributed by atoms with Crippen LogP contribution in [0.2, 0.25) is 0 Å². The van der Waals surface area contributed by atoms with E-state index in [2.05, 4.69) is 19.9 Å². The topological polar surface area (TPSA) is 9.23 Å². The van der Waals surface area contributed by atoms with Gasteiger partial charge in [-0.2, -0.15) is 0 Å². The second kappa shape index (κ2) is 8.63. The highest BCUT2D eigenvalue weighted by atomic mass is 16.5. The third-order valence-electron chi connectivity index (χ3n) is 1.96. The van der Waals surface area contributed by atoms with Crippen LogP contribution in [0.15, 0.2) is 11.8 Å². The zero-order chi connectivity index (χ0) is 9.23. The summed E-state index contributed by atoms with van der Waals surface area (Å²) in [5.41, 5.74) is 0. The quantitative estimate of drug-likeness (QED) is 0.416. The first kappa shape index (κ1) is 11.5. The maximum Gasteiger partial charge on any atom is 0.0914 e. The summed E-state index contributed by atoms with van der Waals surface area (Å²) in [6.07, 6.45) is 8.21. The first-order valence-corrected chi connectivity index (χ1v) is 5.13. The van der Waals surface area contributed by atoms with Crippen molar-refractivity contribution in [1.82, 2.24) is 0 Å². The van der Waals surface area contributed by atoms with E-state index in [1.165, 1.54) is 25.7 Å². The molecular formula is C11H22O. The SMILES string of the molecule is C/C=C(\CC)OCCCCCC. The second-order valence-corrected chi connectivity index (χ2v) is 3.02. The van der Waals surface area contributed by atoms with Gasteiger partial charge >= 0.3 is 0 Å². The molecule has 0 aromatic heterocycles. The molecule has 0 radical (unpaired) electrons. The Kier molecular flexibility index (Phi) is 8.30. The Hall–Kier alpha value is -0.460. The molecular weight excluding hydrogens is 148 g/mol. The average Bonchev–Trinajstić information content (AvgIpc) is 2.11. The Morgan fingerprint density at radius 3 is 2.42 bits per heavy atom. The molecule has 0 unspecified atom stereocenters. The second-order valence-electron chi connectivity index (χ2n) is 3.02. The van der Waals surface area contributed by atoms with Gasteiger partial charge in [-0.3, -0.25) is 0 Å². The number of ether oxygens (including phenoxy) is 1. The number of hydrogen-bond donors (Lipinski definition) is 0. The van der Waals surface area contributed by atoms with Gasteiger partial charge in [-0.15, -0.1) is 0 Å². The molecule has 0 saturated heterocycles. The van der Waals surface area contributed by atoms with Crippen molar-refractivity contribution in [2.24, 2.45) is 0 Å². The van der Waals surface area contributed by atoms with Crippen LogP contribution in [0.3, 0.4) is 0 Å². The van der Waals surface area contributed by atoms with E-state index in [4.69, 9.17) is 4.74 Å². The molecule has 0 aliphatic heterocycles. The van der Waals surface area contributed by atoms with Crippen molar-refractivity contribution in [3.05, 3.63) is 11.8 Å². The fourth-order valence-corrected chi connectivity index (χ4v) is 1.12. The van der Waals surface area contributed by atoms with Crippen LogP contribution in [0.1, 0.15) is 52.9 Å². The molecule has 0 bridgehead atoms. The van der Waals surface area contributed by atoms with Crippen LogP contribution in [0.5, 0.6) is 0 Å². The van der Waals surface area contributed by atoms with Gasteiger partial charge in [0.2, 0.25) is 0 Å². The predicted molar refractivity (Wildman–Crippen MR) is 54.1 cm³/mol. The minimum absolute atomic E-state index is 0.896. The van der Waals surface area contributed by atoms with Crippen LogP contribution in [-0.2, 0) is 4.74 Å². The van der Waals surface area contributed by atoms with Crippen molar-refractivity contribution in [2.75, 3.05) is 6.61 Å². The fraction of sp³-hybridized carbons (Fsp3) is 0.818. The molecule has 1 nitrogen and oxygen atoms in total. The first-order valence-electron chi connectivity index (χ1n) is 5.13. The summed E-state index contributed by atoms with van der Waals surface area (Å²) in [7, 11) is 0. The van der Waals surface area contributed by atoms with Gasteiger partial charge < -0.3 is 4.74 Å². The van der Waals surface area contributed by atoms with Gasteiger partial charge in [-0.05, 0) is 19.4 Å². The van der Waals surface area contributed by atoms with Crippen LogP contribution in [-0.4, -0.2) is 6.61 Å². The summed E-state index contributed by atoms with van der Waals surface area (Å²) >= 11 is 0. The van der Waals surface area contributed by atoms with Crippen molar-refractivity contribution in [2.45, 2.75) is 52.9 Å². The summed E-state index contributed by atoms with van der Waals surface area (Å²) in [5, 5.41) is 0. The maximum absolute atomic E-state index is 5.55. The van der Waals surface area contributed by atoms with Gasteiger partial charge in [-0.25, -0.2) is 0 Å². The molecule has 0 saturated carbocycles. The van der Waals surface area contributed by atoms with E-state index in [-0.39, 0.29) is 0 Å². The lowest BCUT2D eigenvalue weighted by Crippen LogP contribution is -1.93. The molecule has 0 amide bonds. The molecule has 0 aromatic rings. The fourth-order valence-electron chi connectivity index (χ4n) is 1.12. The molecule has 1 heteroatoms. The summed E-state index contributed by atoms with van der Waals surface area (Å²) in [6, 6.07) is 0. The zero-order valence-corrected chi connectivity index (χ0v) is 8.73. The molecule has 0 N–H and O–H groups in total. The van der Waals surface area contributed by atoms with E-state index in [0.29, 0.717) is 0 Å². The van der Waals surface area contributed by atoms with Gasteiger partial charge in [0.15, 0.2) is 0 Å². The molecule has 0 rings (SSSR count). The highest BCUT2D eigenvalue weighted by Crippen LogP contribution is 2.05. The van der Waals surface area contributed by atoms with E-state index in [0.717, 1.165) is 18.8 Å². The van der Waals surface area contributed by atoms with Gasteiger partial charge in [0.1, 0.15) is 0 Å². The number of unbranched alkanes of at least 4 members (excludes halogenated alkanes) is 3. The molecule has 0 aromatic carbocycles. The van der Waals surface area contributed by atoms with Crippen LogP contribution in [0, 0.1) is 0 Å². The first-order chi connectivity index (χ1) is 5.85. The standard InChI is InChI=1S/C11H22O/c1-4-7-8-9-10-12-11(5-2)6-3/h5H,4,6-10H2,1-3H3/b11-5+. The maximum atomic E-state index is 5.55. The highest BCUT2D eigenvalue weighted by molar-refractivity contribution is 4.88. The molecule has 0 spiro atoms. The number of rotatable bonds is 7. The van der Waals surface area contributed by atoms with E-state index >= 15 is 0 Å². The molecule has 0 atom stereocenters. The lowest BCUT2D eigenvalue weighted by Gasteiger charge is -2.07. The van der Waals surface area contributed by atoms with Crippen molar-refractivity contribution in [1.29, 1.82) is 0 Å². The monoisotopic (exact) mass is 170 g/mol. The Morgan fingerprint density at radius 2 is 1.92 bits per heavy atom. The Labute approximate surface area is 76.8 Å². The minimum Gasteiger partial charge on any atom is -0.498 e. The highest BCUT2D eigenvalue weighted by Gasteiger charge is 1.92. The largest absolute Gasteiger partial charge is 0.498 e. The summed E-state index contributed by atoms with van der Waals surface area (Å²) in [5.74, 6) is 1.13. The third-order valence-corrected chi connectivity index (χ3v) is 1.96. The Morgan fingerprint density at radius 1 is 1.17 bits per heavy atom. The number of allylic oxidation sites excluding steroid dienone is 2. The van der Waals surface area contributed by atoms with Gasteiger partial charge in [-0.1, -0.05) is 33.1 Å². The molecule has 0 fully saturated rings. The van der Waals surface area contributed by atoms with E-state index in [9.17, 15) is 0 Å². The predicted octanol–water partition coefficient (Wildman–Crippen LogP) is 3.90. The molecule has 72 valence electrons. The van der Waals surface area contributed by atoms with Crippen molar-refractivity contribution >= 4 is 0 Å². The van der Waals surface area contributed by atoms with E-state index in [1.807, 2.05) is 6.92 Å². The van der Waals surface area contributed by atoms with E-state index < -0.39 is 0 Å². The van der Waals surface area contributed by atoms with Crippen LogP contribution in [0.4, 0.5) is 0 Å². The molecule has 0 heterocycles. The van der Waals surface area contributed by atoms with Gasteiger partial charge in [0, 0.05) is 6.42 Å². The summed E-state index contributed by atoms with van der Waals surface area (Å²) < 4.78 is 5.55. The molecule has 0 aliphatic rings. The van der Waals surface area contributed by atoms with Crippen LogP contribution >= 0.6 is 0 Å².